The highest BCUT2D eigenvalue weighted by Gasteiger charge is 2.12. The van der Waals surface area contributed by atoms with E-state index >= 15 is 0 Å². The molecule has 2 heterocycles. The highest BCUT2D eigenvalue weighted by atomic mass is 32.1. The third-order valence-corrected chi connectivity index (χ3v) is 4.53. The predicted octanol–water partition coefficient (Wildman–Crippen LogP) is 3.21. The van der Waals surface area contributed by atoms with Gasteiger partial charge in [0.1, 0.15) is 0 Å². The fourth-order valence-electron chi connectivity index (χ4n) is 2.49. The van der Waals surface area contributed by atoms with E-state index < -0.39 is 0 Å². The Kier molecular flexibility index (Phi) is 3.76. The summed E-state index contributed by atoms with van der Waals surface area (Å²) in [6.45, 7) is 1.93. The molecule has 1 N–H and O–H groups in total. The number of Topliss-reactive ketones (excluding diaryl/α,β-unsaturated/α-hetero) is 1. The van der Waals surface area contributed by atoms with Gasteiger partial charge >= 0.3 is 0 Å². The molecule has 19 heavy (non-hydrogen) atoms. The molecule has 0 saturated carbocycles. The number of carbonyl (C=O) groups excluding carboxylic acids is 1. The molecule has 0 atom stereocenters. The van der Waals surface area contributed by atoms with Gasteiger partial charge in [0.15, 0.2) is 5.78 Å². The first-order chi connectivity index (χ1) is 9.33. The first kappa shape index (κ1) is 12.6. The van der Waals surface area contributed by atoms with Crippen molar-refractivity contribution in [2.75, 3.05) is 6.54 Å². The van der Waals surface area contributed by atoms with Gasteiger partial charge in [-0.25, -0.2) is 0 Å². The third kappa shape index (κ3) is 2.94. The number of carbonyl (C=O) groups is 1. The van der Waals surface area contributed by atoms with Crippen LogP contribution in [0, 0.1) is 0 Å². The van der Waals surface area contributed by atoms with Crippen LogP contribution in [0.25, 0.3) is 0 Å². The Labute approximate surface area is 117 Å². The Morgan fingerprint density at radius 3 is 3.05 bits per heavy atom. The fraction of sp³-hybridized carbons (Fsp3) is 0.312. The van der Waals surface area contributed by atoms with Crippen LogP contribution in [-0.2, 0) is 19.4 Å². The van der Waals surface area contributed by atoms with E-state index in [0.29, 0.717) is 6.42 Å². The number of nitrogens with one attached hydrogen (secondary N) is 1. The van der Waals surface area contributed by atoms with Crippen molar-refractivity contribution in [1.82, 2.24) is 5.32 Å². The highest BCUT2D eigenvalue weighted by molar-refractivity contribution is 7.09. The molecule has 0 fully saturated rings. The van der Waals surface area contributed by atoms with Gasteiger partial charge in [-0.3, -0.25) is 4.79 Å². The van der Waals surface area contributed by atoms with E-state index in [-0.39, 0.29) is 5.78 Å². The lowest BCUT2D eigenvalue weighted by Crippen LogP contribution is -2.23. The number of hydrogen-bond donors (Lipinski definition) is 1. The molecule has 0 amide bonds. The molecule has 3 heteroatoms. The molecule has 1 aromatic carbocycles. The average molecular weight is 271 g/mol. The lowest BCUT2D eigenvalue weighted by Gasteiger charge is -2.17. The molecule has 0 bridgehead atoms. The van der Waals surface area contributed by atoms with Crippen molar-refractivity contribution in [3.63, 3.8) is 0 Å². The predicted molar refractivity (Wildman–Crippen MR) is 78.8 cm³/mol. The average Bonchev–Trinajstić information content (AvgIpc) is 2.97. The van der Waals surface area contributed by atoms with Gasteiger partial charge in [0.25, 0.3) is 0 Å². The summed E-state index contributed by atoms with van der Waals surface area (Å²) >= 11 is 1.72. The van der Waals surface area contributed by atoms with Gasteiger partial charge < -0.3 is 5.32 Å². The second kappa shape index (κ2) is 5.68. The minimum absolute atomic E-state index is 0.252. The standard InChI is InChI=1S/C16H17NOS/c18-16(6-5-15-2-1-9-19-15)13-4-3-12-7-8-17-11-14(12)10-13/h1-4,9-10,17H,5-8,11H2. The van der Waals surface area contributed by atoms with Crippen molar-refractivity contribution < 1.29 is 4.79 Å². The molecule has 0 saturated heterocycles. The van der Waals surface area contributed by atoms with Crippen LogP contribution in [0.2, 0.25) is 0 Å². The molecule has 1 aliphatic rings. The summed E-state index contributed by atoms with van der Waals surface area (Å²) in [6.07, 6.45) is 2.53. The van der Waals surface area contributed by atoms with Gasteiger partial charge in [0.05, 0.1) is 0 Å². The summed E-state index contributed by atoms with van der Waals surface area (Å²) in [4.78, 5) is 13.5. The number of benzene rings is 1. The van der Waals surface area contributed by atoms with Gasteiger partial charge in [0.2, 0.25) is 0 Å². The Morgan fingerprint density at radius 1 is 1.26 bits per heavy atom. The molecular weight excluding hydrogens is 254 g/mol. The van der Waals surface area contributed by atoms with Crippen LogP contribution in [0.5, 0.6) is 0 Å². The highest BCUT2D eigenvalue weighted by Crippen LogP contribution is 2.18. The SMILES string of the molecule is O=C(CCc1cccs1)c1ccc2c(c1)CNCC2. The molecule has 2 aromatic rings. The molecule has 0 unspecified atom stereocenters. The fourth-order valence-corrected chi connectivity index (χ4v) is 3.20. The van der Waals surface area contributed by atoms with Gasteiger partial charge in [-0.2, -0.15) is 0 Å². The number of thiophene rings is 1. The van der Waals surface area contributed by atoms with E-state index in [1.807, 2.05) is 12.1 Å². The Bertz CT molecular complexity index is 574. The molecular formula is C16H17NOS. The minimum Gasteiger partial charge on any atom is -0.312 e. The lowest BCUT2D eigenvalue weighted by molar-refractivity contribution is 0.0983. The van der Waals surface area contributed by atoms with Crippen LogP contribution in [-0.4, -0.2) is 12.3 Å². The maximum absolute atomic E-state index is 12.2. The first-order valence-electron chi connectivity index (χ1n) is 6.71. The molecule has 3 rings (SSSR count). The summed E-state index contributed by atoms with van der Waals surface area (Å²) in [5, 5.41) is 5.41. The molecule has 98 valence electrons. The number of ketones is 1. The molecule has 1 aliphatic heterocycles. The second-order valence-corrected chi connectivity index (χ2v) is 5.95. The third-order valence-electron chi connectivity index (χ3n) is 3.59. The van der Waals surface area contributed by atoms with Crippen LogP contribution in [0.15, 0.2) is 35.7 Å². The van der Waals surface area contributed by atoms with E-state index in [4.69, 9.17) is 0 Å². The van der Waals surface area contributed by atoms with Crippen LogP contribution in [0.1, 0.15) is 32.8 Å². The Morgan fingerprint density at radius 2 is 2.21 bits per heavy atom. The van der Waals surface area contributed by atoms with Crippen molar-refractivity contribution in [1.29, 1.82) is 0 Å². The number of hydrogen-bond acceptors (Lipinski definition) is 3. The van der Waals surface area contributed by atoms with Crippen LogP contribution in [0.4, 0.5) is 0 Å². The number of aryl methyl sites for hydroxylation is 1. The summed E-state index contributed by atoms with van der Waals surface area (Å²) in [5.41, 5.74) is 3.53. The minimum atomic E-state index is 0.252. The summed E-state index contributed by atoms with van der Waals surface area (Å²) in [5.74, 6) is 0.252. The van der Waals surface area contributed by atoms with Crippen LogP contribution >= 0.6 is 11.3 Å². The van der Waals surface area contributed by atoms with E-state index in [0.717, 1.165) is 31.5 Å². The smallest absolute Gasteiger partial charge is 0.163 e. The zero-order chi connectivity index (χ0) is 13.1. The van der Waals surface area contributed by atoms with Crippen molar-refractivity contribution in [2.45, 2.75) is 25.8 Å². The second-order valence-electron chi connectivity index (χ2n) is 4.91. The zero-order valence-corrected chi connectivity index (χ0v) is 11.6. The summed E-state index contributed by atoms with van der Waals surface area (Å²) in [7, 11) is 0. The van der Waals surface area contributed by atoms with Gasteiger partial charge in [-0.15, -0.1) is 11.3 Å². The quantitative estimate of drug-likeness (QED) is 0.865. The molecule has 0 radical (unpaired) electrons. The van der Waals surface area contributed by atoms with Crippen molar-refractivity contribution in [3.8, 4) is 0 Å². The maximum atomic E-state index is 12.2. The van der Waals surface area contributed by atoms with Gasteiger partial charge in [-0.1, -0.05) is 18.2 Å². The van der Waals surface area contributed by atoms with Crippen molar-refractivity contribution in [2.24, 2.45) is 0 Å². The molecule has 2 nitrogen and oxygen atoms in total. The Balaban J connectivity index is 1.69. The monoisotopic (exact) mass is 271 g/mol. The molecule has 0 aliphatic carbocycles. The van der Waals surface area contributed by atoms with E-state index in [1.54, 1.807) is 11.3 Å². The van der Waals surface area contributed by atoms with Crippen molar-refractivity contribution >= 4 is 17.1 Å². The topological polar surface area (TPSA) is 29.1 Å². The Hall–Kier alpha value is -1.45. The van der Waals surface area contributed by atoms with Crippen molar-refractivity contribution in [3.05, 3.63) is 57.3 Å². The largest absolute Gasteiger partial charge is 0.312 e. The maximum Gasteiger partial charge on any atom is 0.163 e. The normalized spacial score (nSPS) is 14.1. The van der Waals surface area contributed by atoms with E-state index in [1.165, 1.54) is 16.0 Å². The molecule has 0 spiro atoms. The van der Waals surface area contributed by atoms with Gasteiger partial charge in [0, 0.05) is 23.4 Å². The van der Waals surface area contributed by atoms with E-state index in [9.17, 15) is 4.79 Å². The van der Waals surface area contributed by atoms with Crippen LogP contribution in [0.3, 0.4) is 0 Å². The zero-order valence-electron chi connectivity index (χ0n) is 10.8. The van der Waals surface area contributed by atoms with Gasteiger partial charge in [-0.05, 0) is 48.0 Å². The summed E-state index contributed by atoms with van der Waals surface area (Å²) in [6, 6.07) is 10.3. The summed E-state index contributed by atoms with van der Waals surface area (Å²) < 4.78 is 0. The number of rotatable bonds is 4. The van der Waals surface area contributed by atoms with Crippen LogP contribution < -0.4 is 5.32 Å². The molecule has 1 aromatic heterocycles. The first-order valence-corrected chi connectivity index (χ1v) is 7.59. The van der Waals surface area contributed by atoms with E-state index in [2.05, 4.69) is 28.9 Å². The number of fused-ring (bicyclic) bond motifs is 1. The lowest BCUT2D eigenvalue weighted by atomic mass is 9.96.